The summed E-state index contributed by atoms with van der Waals surface area (Å²) >= 11 is 0. The summed E-state index contributed by atoms with van der Waals surface area (Å²) in [4.78, 5) is 12.6. The number of hydrogen-bond acceptors (Lipinski definition) is 7. The van der Waals surface area contributed by atoms with Crippen molar-refractivity contribution in [1.29, 1.82) is 5.26 Å². The second-order valence-corrected chi connectivity index (χ2v) is 5.68. The van der Waals surface area contributed by atoms with Gasteiger partial charge < -0.3 is 15.7 Å². The van der Waals surface area contributed by atoms with Crippen molar-refractivity contribution in [2.24, 2.45) is 7.05 Å². The van der Waals surface area contributed by atoms with Crippen molar-refractivity contribution in [1.82, 2.24) is 19.5 Å². The Morgan fingerprint density at radius 1 is 1.31 bits per heavy atom. The third-order valence-corrected chi connectivity index (χ3v) is 3.67. The molecule has 0 bridgehead atoms. The average molecular weight is 359 g/mol. The number of rotatable bonds is 5. The molecule has 1 aromatic carbocycles. The molecule has 3 rings (SSSR count). The number of aryl methyl sites for hydroxylation is 1. The van der Waals surface area contributed by atoms with Crippen LogP contribution >= 0.6 is 0 Å². The molecule has 3 N–H and O–H groups in total. The van der Waals surface area contributed by atoms with E-state index in [-0.39, 0.29) is 24.2 Å². The molecular weight excluding hydrogens is 344 g/mol. The van der Waals surface area contributed by atoms with Crippen LogP contribution in [0.15, 0.2) is 18.3 Å². The van der Waals surface area contributed by atoms with Crippen molar-refractivity contribution in [2.75, 3.05) is 17.2 Å². The molecule has 8 nitrogen and oxygen atoms in total. The van der Waals surface area contributed by atoms with E-state index in [0.717, 1.165) is 12.1 Å². The molecule has 0 fully saturated rings. The van der Waals surface area contributed by atoms with E-state index in [2.05, 4.69) is 25.6 Å². The van der Waals surface area contributed by atoms with Crippen LogP contribution in [0.1, 0.15) is 12.5 Å². The molecule has 0 radical (unpaired) electrons. The lowest BCUT2D eigenvalue weighted by Crippen LogP contribution is -2.20. The van der Waals surface area contributed by atoms with Gasteiger partial charge in [-0.3, -0.25) is 4.57 Å². The van der Waals surface area contributed by atoms with Gasteiger partial charge in [0.05, 0.1) is 24.4 Å². The number of aliphatic hydroxyl groups excluding tert-OH is 1. The summed E-state index contributed by atoms with van der Waals surface area (Å²) in [5, 5.41) is 23.3. The van der Waals surface area contributed by atoms with E-state index in [1.807, 2.05) is 0 Å². The third kappa shape index (κ3) is 3.25. The molecule has 0 amide bonds. The van der Waals surface area contributed by atoms with Crippen LogP contribution in [0.2, 0.25) is 0 Å². The summed E-state index contributed by atoms with van der Waals surface area (Å²) in [6.07, 6.45) is 1.46. The zero-order valence-electron chi connectivity index (χ0n) is 14.0. The molecule has 0 unspecified atom stereocenters. The zero-order valence-corrected chi connectivity index (χ0v) is 14.0. The summed E-state index contributed by atoms with van der Waals surface area (Å²) < 4.78 is 29.6. The Balaban J connectivity index is 1.97. The number of nitrogens with zero attached hydrogens (tertiary/aromatic N) is 5. The van der Waals surface area contributed by atoms with Gasteiger partial charge in [0.25, 0.3) is 0 Å². The van der Waals surface area contributed by atoms with E-state index in [9.17, 15) is 8.78 Å². The summed E-state index contributed by atoms with van der Waals surface area (Å²) in [6.45, 7) is 1.68. The van der Waals surface area contributed by atoms with E-state index in [0.29, 0.717) is 17.1 Å². The topological polar surface area (TPSA) is 112 Å². The first-order valence-electron chi connectivity index (χ1n) is 7.66. The van der Waals surface area contributed by atoms with Crippen LogP contribution in [0.3, 0.4) is 0 Å². The Kier molecular flexibility index (Phi) is 4.64. The maximum atomic E-state index is 14.1. The average Bonchev–Trinajstić information content (AvgIpc) is 2.93. The van der Waals surface area contributed by atoms with E-state index in [1.165, 1.54) is 10.8 Å². The number of benzene rings is 1. The summed E-state index contributed by atoms with van der Waals surface area (Å²) in [5.41, 5.74) is 0.328. The molecule has 0 aliphatic rings. The van der Waals surface area contributed by atoms with Crippen molar-refractivity contribution in [3.8, 4) is 6.07 Å². The van der Waals surface area contributed by atoms with Crippen LogP contribution in [0.25, 0.3) is 11.2 Å². The summed E-state index contributed by atoms with van der Waals surface area (Å²) in [6, 6.07) is 3.32. The lowest BCUT2D eigenvalue weighted by molar-refractivity contribution is 0.281. The standard InChI is InChI=1S/C16H15F2N7O/c1-8(7-26)21-15-20-6-12-14(24-15)25(2)16(22-12)23-13-10(17)3-9(5-19)4-11(13)18/h3-4,6,8,26H,7H2,1-2H3,(H,22,23)(H,20,21,24)/t8-/m0/s1. The maximum Gasteiger partial charge on any atom is 0.225 e. The lowest BCUT2D eigenvalue weighted by Gasteiger charge is -2.10. The molecular formula is C16H15F2N7O. The highest BCUT2D eigenvalue weighted by Crippen LogP contribution is 2.26. The normalized spacial score (nSPS) is 12.0. The zero-order chi connectivity index (χ0) is 18.8. The van der Waals surface area contributed by atoms with Gasteiger partial charge in [0.15, 0.2) is 17.3 Å². The van der Waals surface area contributed by atoms with Crippen LogP contribution in [-0.4, -0.2) is 37.3 Å². The minimum Gasteiger partial charge on any atom is -0.394 e. The Labute approximate surface area is 147 Å². The van der Waals surface area contributed by atoms with Gasteiger partial charge in [0.1, 0.15) is 11.2 Å². The smallest absolute Gasteiger partial charge is 0.225 e. The predicted molar refractivity (Wildman–Crippen MR) is 90.8 cm³/mol. The number of aliphatic hydroxyl groups is 1. The van der Waals surface area contributed by atoms with E-state index in [4.69, 9.17) is 10.4 Å². The molecule has 1 atom stereocenters. The van der Waals surface area contributed by atoms with Gasteiger partial charge in [-0.25, -0.2) is 18.7 Å². The van der Waals surface area contributed by atoms with Gasteiger partial charge in [0, 0.05) is 13.1 Å². The molecule has 0 aliphatic heterocycles. The first-order valence-corrected chi connectivity index (χ1v) is 7.66. The van der Waals surface area contributed by atoms with Crippen molar-refractivity contribution < 1.29 is 13.9 Å². The fraction of sp³-hybridized carbons (Fsp3) is 0.250. The Morgan fingerprint density at radius 3 is 2.62 bits per heavy atom. The maximum absolute atomic E-state index is 14.1. The summed E-state index contributed by atoms with van der Waals surface area (Å²) in [5.74, 6) is -1.36. The second-order valence-electron chi connectivity index (χ2n) is 5.68. The van der Waals surface area contributed by atoms with Crippen molar-refractivity contribution in [2.45, 2.75) is 13.0 Å². The third-order valence-electron chi connectivity index (χ3n) is 3.67. The number of halogens is 2. The predicted octanol–water partition coefficient (Wildman–Crippen LogP) is 2.05. The quantitative estimate of drug-likeness (QED) is 0.639. The monoisotopic (exact) mass is 359 g/mol. The van der Waals surface area contributed by atoms with Crippen LogP contribution < -0.4 is 10.6 Å². The molecule has 134 valence electrons. The molecule has 2 heterocycles. The first-order chi connectivity index (χ1) is 12.4. The Morgan fingerprint density at radius 2 is 2.00 bits per heavy atom. The minimum atomic E-state index is -0.904. The lowest BCUT2D eigenvalue weighted by atomic mass is 10.2. The van der Waals surface area contributed by atoms with E-state index in [1.54, 1.807) is 20.0 Å². The highest BCUT2D eigenvalue weighted by atomic mass is 19.1. The number of imidazole rings is 1. The van der Waals surface area contributed by atoms with Gasteiger partial charge in [-0.1, -0.05) is 0 Å². The molecule has 0 saturated carbocycles. The number of nitriles is 1. The van der Waals surface area contributed by atoms with Crippen molar-refractivity contribution in [3.05, 3.63) is 35.5 Å². The Bertz CT molecular complexity index is 989. The highest BCUT2D eigenvalue weighted by Gasteiger charge is 2.16. The number of hydrogen-bond donors (Lipinski definition) is 3. The fourth-order valence-corrected chi connectivity index (χ4v) is 2.30. The van der Waals surface area contributed by atoms with Crippen LogP contribution in [0, 0.1) is 23.0 Å². The van der Waals surface area contributed by atoms with Crippen LogP contribution in [-0.2, 0) is 7.05 Å². The van der Waals surface area contributed by atoms with Gasteiger partial charge in [0.2, 0.25) is 11.9 Å². The van der Waals surface area contributed by atoms with Crippen LogP contribution in [0.5, 0.6) is 0 Å². The van der Waals surface area contributed by atoms with Gasteiger partial charge in [-0.2, -0.15) is 10.2 Å². The molecule has 0 spiro atoms. The van der Waals surface area contributed by atoms with Gasteiger partial charge in [-0.05, 0) is 19.1 Å². The number of anilines is 3. The van der Waals surface area contributed by atoms with Gasteiger partial charge in [-0.15, -0.1) is 0 Å². The largest absolute Gasteiger partial charge is 0.394 e. The van der Waals surface area contributed by atoms with E-state index >= 15 is 0 Å². The molecule has 10 heteroatoms. The molecule has 3 aromatic rings. The number of fused-ring (bicyclic) bond motifs is 1. The highest BCUT2D eigenvalue weighted by molar-refractivity contribution is 5.76. The molecule has 26 heavy (non-hydrogen) atoms. The molecule has 0 saturated heterocycles. The van der Waals surface area contributed by atoms with Gasteiger partial charge >= 0.3 is 0 Å². The van der Waals surface area contributed by atoms with E-state index < -0.39 is 17.3 Å². The number of aromatic nitrogens is 4. The SMILES string of the molecule is C[C@@H](CO)Nc1ncc2nc(Nc3c(F)cc(C#N)cc3F)n(C)c2n1. The summed E-state index contributed by atoms with van der Waals surface area (Å²) in [7, 11) is 1.63. The Hall–Kier alpha value is -3.32. The second kappa shape index (κ2) is 6.89. The number of nitrogens with one attached hydrogen (secondary N) is 2. The van der Waals surface area contributed by atoms with Crippen molar-refractivity contribution >= 4 is 28.7 Å². The minimum absolute atomic E-state index is 0.0865. The van der Waals surface area contributed by atoms with Crippen molar-refractivity contribution in [3.63, 3.8) is 0 Å². The fourth-order valence-electron chi connectivity index (χ4n) is 2.30. The van der Waals surface area contributed by atoms with Crippen LogP contribution in [0.4, 0.5) is 26.4 Å². The first kappa shape index (κ1) is 17.5. The molecule has 2 aromatic heterocycles. The molecule has 0 aliphatic carbocycles.